The van der Waals surface area contributed by atoms with E-state index in [0.717, 1.165) is 0 Å². The largest absolute Gasteiger partial charge is 0.212 e. The molecule has 60 heavy (non-hydrogen) atoms. The molecule has 0 unspecified atom stereocenters. The SMILES string of the molecule is Cc1cc(-c2ccccc2C)[n+](C)cc1C.Cc1cc[n+](C)c(-c2ccccc2C)c1.Cc1ccc(-c2ccccc2C)[n+](C)c1.Cc1ccccc1-c1cccc[n+]1C. The number of hydrogen-bond donors (Lipinski definition) is 0. The van der Waals surface area contributed by atoms with Gasteiger partial charge in [-0.1, -0.05) is 72.8 Å². The number of nitrogens with zero attached hydrogens (tertiary/aromatic N) is 4. The van der Waals surface area contributed by atoms with Gasteiger partial charge in [0.15, 0.2) is 24.8 Å². The Labute approximate surface area is 360 Å². The summed E-state index contributed by atoms with van der Waals surface area (Å²) in [5.74, 6) is 0. The Kier molecular flexibility index (Phi) is 15.6. The van der Waals surface area contributed by atoms with E-state index in [1.165, 1.54) is 89.5 Å². The van der Waals surface area contributed by atoms with E-state index in [1.54, 1.807) is 0 Å². The Morgan fingerprint density at radius 2 is 0.667 bits per heavy atom. The lowest BCUT2D eigenvalue weighted by molar-refractivity contribution is -0.660. The van der Waals surface area contributed by atoms with Gasteiger partial charge < -0.3 is 0 Å². The molecule has 0 N–H and O–H groups in total. The maximum Gasteiger partial charge on any atom is 0.212 e. The Balaban J connectivity index is 0.000000152. The molecule has 0 saturated heterocycles. The van der Waals surface area contributed by atoms with Gasteiger partial charge in [-0.2, -0.15) is 0 Å². The van der Waals surface area contributed by atoms with Crippen LogP contribution in [0.25, 0.3) is 45.0 Å². The van der Waals surface area contributed by atoms with Crippen LogP contribution in [-0.4, -0.2) is 0 Å². The van der Waals surface area contributed by atoms with Gasteiger partial charge in [0.05, 0.1) is 0 Å². The van der Waals surface area contributed by atoms with Crippen molar-refractivity contribution in [2.75, 3.05) is 0 Å². The third-order valence-corrected chi connectivity index (χ3v) is 11.1. The van der Waals surface area contributed by atoms with E-state index < -0.39 is 0 Å². The van der Waals surface area contributed by atoms with Crippen LogP contribution in [0.2, 0.25) is 0 Å². The first kappa shape index (κ1) is 44.6. The molecule has 0 saturated carbocycles. The van der Waals surface area contributed by atoms with Gasteiger partial charge in [0.2, 0.25) is 22.8 Å². The minimum absolute atomic E-state index is 1.26. The first-order valence-corrected chi connectivity index (χ1v) is 20.8. The molecular weight excluding hydrogens is 729 g/mol. The van der Waals surface area contributed by atoms with Crippen LogP contribution in [0.3, 0.4) is 0 Å². The zero-order chi connectivity index (χ0) is 43.3. The molecule has 4 nitrogen and oxygen atoms in total. The third kappa shape index (κ3) is 11.6. The normalized spacial score (nSPS) is 10.3. The van der Waals surface area contributed by atoms with Crippen LogP contribution < -0.4 is 18.3 Å². The van der Waals surface area contributed by atoms with Crippen LogP contribution in [0.1, 0.15) is 44.5 Å². The molecule has 0 atom stereocenters. The Bertz CT molecular complexity index is 2650. The highest BCUT2D eigenvalue weighted by Gasteiger charge is 2.15. The molecule has 8 aromatic rings. The molecule has 0 aliphatic heterocycles. The zero-order valence-electron chi connectivity index (χ0n) is 38.0. The Hall–Kier alpha value is -6.52. The second kappa shape index (κ2) is 20.9. The number of hydrogen-bond acceptors (Lipinski definition) is 0. The van der Waals surface area contributed by atoms with Crippen LogP contribution in [0, 0.1) is 55.4 Å². The highest BCUT2D eigenvalue weighted by atomic mass is 14.9. The molecule has 0 bridgehead atoms. The smallest absolute Gasteiger partial charge is 0.201 e. The van der Waals surface area contributed by atoms with Gasteiger partial charge in [-0.15, -0.1) is 0 Å². The molecule has 4 aromatic carbocycles. The van der Waals surface area contributed by atoms with E-state index in [1.807, 2.05) is 6.07 Å². The maximum atomic E-state index is 2.26. The summed E-state index contributed by atoms with van der Waals surface area (Å²) >= 11 is 0. The Morgan fingerprint density at radius 3 is 1.13 bits per heavy atom. The van der Waals surface area contributed by atoms with Crippen molar-refractivity contribution >= 4 is 0 Å². The highest BCUT2D eigenvalue weighted by molar-refractivity contribution is 5.63. The van der Waals surface area contributed by atoms with E-state index in [4.69, 9.17) is 0 Å². The lowest BCUT2D eigenvalue weighted by Crippen LogP contribution is -2.31. The molecule has 4 heterocycles. The first-order chi connectivity index (χ1) is 28.7. The summed E-state index contributed by atoms with van der Waals surface area (Å²) in [7, 11) is 8.35. The summed E-state index contributed by atoms with van der Waals surface area (Å²) in [5.41, 5.74) is 20.8. The van der Waals surface area contributed by atoms with Crippen molar-refractivity contribution in [2.24, 2.45) is 28.2 Å². The monoisotopic (exact) mass is 793 g/mol. The molecule has 0 fully saturated rings. The molecule has 0 radical (unpaired) electrons. The second-order valence-corrected chi connectivity index (χ2v) is 16.0. The van der Waals surface area contributed by atoms with Crippen LogP contribution in [0.5, 0.6) is 0 Å². The lowest BCUT2D eigenvalue weighted by Gasteiger charge is -2.06. The van der Waals surface area contributed by atoms with E-state index >= 15 is 0 Å². The molecule has 0 spiro atoms. The number of aromatic nitrogens is 4. The molecule has 8 rings (SSSR count). The fourth-order valence-corrected chi connectivity index (χ4v) is 7.36. The van der Waals surface area contributed by atoms with Crippen molar-refractivity contribution in [3.63, 3.8) is 0 Å². The van der Waals surface area contributed by atoms with Crippen molar-refractivity contribution in [3.05, 3.63) is 215 Å². The van der Waals surface area contributed by atoms with Crippen LogP contribution >= 0.6 is 0 Å². The van der Waals surface area contributed by atoms with Crippen molar-refractivity contribution in [1.29, 1.82) is 0 Å². The van der Waals surface area contributed by atoms with Gasteiger partial charge in [0.1, 0.15) is 28.2 Å². The molecule has 4 aromatic heterocycles. The van der Waals surface area contributed by atoms with Crippen molar-refractivity contribution < 1.29 is 18.3 Å². The summed E-state index contributed by atoms with van der Waals surface area (Å²) in [6.07, 6.45) is 8.53. The predicted octanol–water partition coefficient (Wildman–Crippen LogP) is 11.2. The van der Waals surface area contributed by atoms with Crippen LogP contribution in [0.15, 0.2) is 170 Å². The van der Waals surface area contributed by atoms with Crippen molar-refractivity contribution in [3.8, 4) is 45.0 Å². The summed E-state index contributed by atoms with van der Waals surface area (Å²) in [6, 6.07) is 51.1. The van der Waals surface area contributed by atoms with Gasteiger partial charge in [-0.3, -0.25) is 0 Å². The Morgan fingerprint density at radius 1 is 0.267 bits per heavy atom. The summed E-state index contributed by atoms with van der Waals surface area (Å²) in [6.45, 7) is 17.1. The average Bonchev–Trinajstić information content (AvgIpc) is 3.22. The van der Waals surface area contributed by atoms with E-state index in [0.29, 0.717) is 0 Å². The van der Waals surface area contributed by atoms with Gasteiger partial charge >= 0.3 is 0 Å². The third-order valence-electron chi connectivity index (χ3n) is 11.1. The molecule has 304 valence electrons. The van der Waals surface area contributed by atoms with Crippen LogP contribution in [-0.2, 0) is 28.2 Å². The van der Waals surface area contributed by atoms with Crippen molar-refractivity contribution in [1.82, 2.24) is 0 Å². The molecular formula is C56H64N4+4. The topological polar surface area (TPSA) is 15.5 Å². The maximum absolute atomic E-state index is 2.26. The summed E-state index contributed by atoms with van der Waals surface area (Å²) in [5, 5.41) is 0. The minimum Gasteiger partial charge on any atom is -0.201 e. The van der Waals surface area contributed by atoms with Gasteiger partial charge in [-0.05, 0) is 125 Å². The molecule has 0 aliphatic carbocycles. The molecule has 0 aliphatic rings. The zero-order valence-corrected chi connectivity index (χ0v) is 38.0. The lowest BCUT2D eigenvalue weighted by atomic mass is 10.0. The number of benzene rings is 4. The quantitative estimate of drug-likeness (QED) is 0.158. The molecule has 0 amide bonds. The van der Waals surface area contributed by atoms with Crippen molar-refractivity contribution in [2.45, 2.75) is 55.4 Å². The van der Waals surface area contributed by atoms with Gasteiger partial charge in [-0.25, -0.2) is 18.3 Å². The predicted molar refractivity (Wildman–Crippen MR) is 250 cm³/mol. The number of pyridine rings is 4. The standard InChI is InChI=1S/C15H18N.2C14H16N.C13H14N/c1-11-7-5-6-8-14(11)15-9-12(2)13(3)10-16(15)4;1-11-8-9-15(3)14(10-11)13-7-5-4-6-12(13)2;1-11-8-9-14(15(3)10-11)13-7-5-4-6-12(13)2;1-11-7-3-4-8-12(11)13-9-5-6-10-14(13)2/h5-10H,1-4H3;2*4-10H,1-3H3;3-10H,1-2H3/q4*+1. The number of aryl methyl sites for hydroxylation is 12. The van der Waals surface area contributed by atoms with E-state index in [2.05, 4.69) is 266 Å². The fourth-order valence-electron chi connectivity index (χ4n) is 7.36. The van der Waals surface area contributed by atoms with Gasteiger partial charge in [0.25, 0.3) is 0 Å². The van der Waals surface area contributed by atoms with Crippen LogP contribution in [0.4, 0.5) is 0 Å². The van der Waals surface area contributed by atoms with E-state index in [-0.39, 0.29) is 0 Å². The average molecular weight is 793 g/mol. The minimum atomic E-state index is 1.26. The number of rotatable bonds is 4. The molecule has 4 heteroatoms. The highest BCUT2D eigenvalue weighted by Crippen LogP contribution is 2.23. The summed E-state index contributed by atoms with van der Waals surface area (Å²) in [4.78, 5) is 0. The van der Waals surface area contributed by atoms with Gasteiger partial charge in [0, 0.05) is 69.8 Å². The van der Waals surface area contributed by atoms with E-state index in [9.17, 15) is 0 Å². The fraction of sp³-hybridized carbons (Fsp3) is 0.214. The summed E-state index contributed by atoms with van der Waals surface area (Å²) < 4.78 is 8.68. The second-order valence-electron chi connectivity index (χ2n) is 16.0. The first-order valence-electron chi connectivity index (χ1n) is 20.8.